The van der Waals surface area contributed by atoms with E-state index in [2.05, 4.69) is 5.16 Å². The number of benzene rings is 1. The van der Waals surface area contributed by atoms with Crippen molar-refractivity contribution < 1.29 is 24.0 Å². The molecule has 0 radical (unpaired) electrons. The van der Waals surface area contributed by atoms with Crippen LogP contribution < -0.4 is 4.74 Å². The molecule has 20 heavy (non-hydrogen) atoms. The van der Waals surface area contributed by atoms with Crippen LogP contribution in [0.4, 0.5) is 0 Å². The molecule has 1 aromatic carbocycles. The fourth-order valence-electron chi connectivity index (χ4n) is 1.56. The van der Waals surface area contributed by atoms with E-state index in [-0.39, 0.29) is 23.8 Å². The molecule has 0 fully saturated rings. The topological polar surface area (TPSA) is 89.6 Å². The summed E-state index contributed by atoms with van der Waals surface area (Å²) in [6.07, 6.45) is 0.396. The minimum atomic E-state index is -1.17. The van der Waals surface area contributed by atoms with Gasteiger partial charge in [-0.3, -0.25) is 4.79 Å². The Morgan fingerprint density at radius 1 is 1.35 bits per heavy atom. The number of hydrogen-bond donors (Lipinski definition) is 1. The van der Waals surface area contributed by atoms with Crippen molar-refractivity contribution in [3.8, 4) is 17.1 Å². The second kappa shape index (κ2) is 6.01. The summed E-state index contributed by atoms with van der Waals surface area (Å²) in [5, 5.41) is 12.3. The number of carboxylic acids is 1. The van der Waals surface area contributed by atoms with Crippen molar-refractivity contribution in [3.63, 3.8) is 0 Å². The average molecular weight is 275 g/mol. The van der Waals surface area contributed by atoms with Crippen molar-refractivity contribution in [2.24, 2.45) is 0 Å². The zero-order valence-corrected chi connectivity index (χ0v) is 10.8. The molecule has 104 valence electrons. The van der Waals surface area contributed by atoms with E-state index >= 15 is 0 Å². The Hall–Kier alpha value is -2.63. The first-order chi connectivity index (χ1) is 9.61. The lowest BCUT2D eigenvalue weighted by atomic mass is 10.1. The minimum absolute atomic E-state index is 0.0244. The van der Waals surface area contributed by atoms with Crippen molar-refractivity contribution in [2.45, 2.75) is 13.3 Å². The van der Waals surface area contributed by atoms with Crippen LogP contribution in [0.2, 0.25) is 0 Å². The van der Waals surface area contributed by atoms with Crippen molar-refractivity contribution in [2.75, 3.05) is 6.61 Å². The third-order valence-electron chi connectivity index (χ3n) is 2.66. The van der Waals surface area contributed by atoms with Crippen molar-refractivity contribution in [3.05, 3.63) is 36.0 Å². The fraction of sp³-hybridized carbons (Fsp3) is 0.214. The monoisotopic (exact) mass is 275 g/mol. The smallest absolute Gasteiger partial charge is 0.358 e. The molecule has 6 nitrogen and oxygen atoms in total. The van der Waals surface area contributed by atoms with E-state index in [0.29, 0.717) is 17.7 Å². The Balaban J connectivity index is 2.26. The Morgan fingerprint density at radius 2 is 2.10 bits per heavy atom. The third-order valence-corrected chi connectivity index (χ3v) is 2.66. The molecule has 0 amide bonds. The van der Waals surface area contributed by atoms with Crippen LogP contribution in [0, 0.1) is 0 Å². The molecular weight excluding hydrogens is 262 g/mol. The number of Topliss-reactive ketones (excluding diaryl/α,β-unsaturated/α-hetero) is 1. The van der Waals surface area contributed by atoms with Gasteiger partial charge in [-0.15, -0.1) is 0 Å². The average Bonchev–Trinajstić information content (AvgIpc) is 2.95. The summed E-state index contributed by atoms with van der Waals surface area (Å²) in [6, 6.07) is 8.21. The summed E-state index contributed by atoms with van der Waals surface area (Å²) < 4.78 is 10.4. The van der Waals surface area contributed by atoms with Crippen LogP contribution in [0.3, 0.4) is 0 Å². The van der Waals surface area contributed by atoms with Gasteiger partial charge in [-0.05, 0) is 12.1 Å². The summed E-state index contributed by atoms with van der Waals surface area (Å²) in [7, 11) is 0. The molecule has 1 heterocycles. The molecule has 2 aromatic rings. The number of aromatic nitrogens is 1. The second-order valence-corrected chi connectivity index (χ2v) is 4.06. The molecule has 0 bridgehead atoms. The molecule has 0 saturated heterocycles. The number of carbonyl (C=O) groups is 2. The maximum atomic E-state index is 11.3. The SMILES string of the molecule is CCC(=O)COc1ccccc1-c1cc(C(=O)O)no1. The molecule has 0 aliphatic rings. The van der Waals surface area contributed by atoms with Crippen LogP contribution in [-0.4, -0.2) is 28.6 Å². The molecule has 0 spiro atoms. The largest absolute Gasteiger partial charge is 0.485 e. The van der Waals surface area contributed by atoms with E-state index in [1.165, 1.54) is 6.07 Å². The van der Waals surface area contributed by atoms with Gasteiger partial charge in [0.25, 0.3) is 0 Å². The van der Waals surface area contributed by atoms with Crippen molar-refractivity contribution >= 4 is 11.8 Å². The van der Waals surface area contributed by atoms with Crippen molar-refractivity contribution in [1.29, 1.82) is 0 Å². The molecule has 2 rings (SSSR count). The predicted molar refractivity (Wildman–Crippen MR) is 69.7 cm³/mol. The summed E-state index contributed by atoms with van der Waals surface area (Å²) in [5.74, 6) is -0.465. The van der Waals surface area contributed by atoms with E-state index in [1.54, 1.807) is 31.2 Å². The minimum Gasteiger partial charge on any atom is -0.485 e. The molecule has 6 heteroatoms. The van der Waals surface area contributed by atoms with Gasteiger partial charge in [0.2, 0.25) is 0 Å². The first kappa shape index (κ1) is 13.8. The first-order valence-corrected chi connectivity index (χ1v) is 6.05. The number of ether oxygens (including phenoxy) is 1. The van der Waals surface area contributed by atoms with Gasteiger partial charge < -0.3 is 14.4 Å². The van der Waals surface area contributed by atoms with Gasteiger partial charge >= 0.3 is 5.97 Å². The van der Waals surface area contributed by atoms with E-state index < -0.39 is 5.97 Å². The lowest BCUT2D eigenvalue weighted by Crippen LogP contribution is -2.09. The molecule has 1 N–H and O–H groups in total. The third kappa shape index (κ3) is 3.03. The van der Waals surface area contributed by atoms with Crippen LogP contribution >= 0.6 is 0 Å². The first-order valence-electron chi connectivity index (χ1n) is 6.05. The lowest BCUT2D eigenvalue weighted by Gasteiger charge is -2.08. The molecule has 1 aromatic heterocycles. The maximum Gasteiger partial charge on any atom is 0.358 e. The van der Waals surface area contributed by atoms with Gasteiger partial charge in [0, 0.05) is 12.5 Å². The Bertz CT molecular complexity index is 632. The number of rotatable bonds is 6. The second-order valence-electron chi connectivity index (χ2n) is 4.06. The Kier molecular flexibility index (Phi) is 4.14. The number of ketones is 1. The highest BCUT2D eigenvalue weighted by Crippen LogP contribution is 2.30. The van der Waals surface area contributed by atoms with Gasteiger partial charge in [-0.2, -0.15) is 0 Å². The highest BCUT2D eigenvalue weighted by Gasteiger charge is 2.15. The molecule has 0 aliphatic heterocycles. The number of carbonyl (C=O) groups excluding carboxylic acids is 1. The summed E-state index contributed by atoms with van der Waals surface area (Å²) in [6.45, 7) is 1.72. The zero-order valence-electron chi connectivity index (χ0n) is 10.8. The summed E-state index contributed by atoms with van der Waals surface area (Å²) in [5.41, 5.74) is 0.371. The van der Waals surface area contributed by atoms with Gasteiger partial charge in [0.1, 0.15) is 12.4 Å². The molecule has 0 saturated carbocycles. The quantitative estimate of drug-likeness (QED) is 0.870. The van der Waals surface area contributed by atoms with Gasteiger partial charge in [-0.1, -0.05) is 24.2 Å². The maximum absolute atomic E-state index is 11.3. The zero-order chi connectivity index (χ0) is 14.5. The van der Waals surface area contributed by atoms with Crippen LogP contribution in [-0.2, 0) is 4.79 Å². The van der Waals surface area contributed by atoms with Crippen molar-refractivity contribution in [1.82, 2.24) is 5.16 Å². The summed E-state index contributed by atoms with van der Waals surface area (Å²) >= 11 is 0. The predicted octanol–water partition coefficient (Wildman–Crippen LogP) is 2.40. The van der Waals surface area contributed by atoms with Crippen LogP contribution in [0.25, 0.3) is 11.3 Å². The van der Waals surface area contributed by atoms with Gasteiger partial charge in [0.15, 0.2) is 17.2 Å². The molecular formula is C14H13NO5. The normalized spacial score (nSPS) is 10.2. The summed E-state index contributed by atoms with van der Waals surface area (Å²) in [4.78, 5) is 22.1. The molecule has 0 unspecified atom stereocenters. The highest BCUT2D eigenvalue weighted by atomic mass is 16.5. The highest BCUT2D eigenvalue weighted by molar-refractivity contribution is 5.86. The number of hydrogen-bond acceptors (Lipinski definition) is 5. The number of aromatic carboxylic acids is 1. The van der Waals surface area contributed by atoms with Gasteiger partial charge in [0.05, 0.1) is 5.56 Å². The molecule has 0 aliphatic carbocycles. The molecule has 0 atom stereocenters. The number of para-hydroxylation sites is 1. The van der Waals surface area contributed by atoms with E-state index in [9.17, 15) is 9.59 Å². The lowest BCUT2D eigenvalue weighted by molar-refractivity contribution is -0.120. The van der Waals surface area contributed by atoms with Crippen LogP contribution in [0.15, 0.2) is 34.9 Å². The fourth-order valence-corrected chi connectivity index (χ4v) is 1.56. The Labute approximate surface area is 115 Å². The van der Waals surface area contributed by atoms with Gasteiger partial charge in [-0.25, -0.2) is 4.79 Å². The van der Waals surface area contributed by atoms with E-state index in [0.717, 1.165) is 0 Å². The van der Waals surface area contributed by atoms with E-state index in [4.69, 9.17) is 14.4 Å². The number of carboxylic acid groups (broad SMARTS) is 1. The van der Waals surface area contributed by atoms with Crippen LogP contribution in [0.5, 0.6) is 5.75 Å². The van der Waals surface area contributed by atoms with Crippen LogP contribution in [0.1, 0.15) is 23.8 Å². The standard InChI is InChI=1S/C14H13NO5/c1-2-9(16)8-19-12-6-4-3-5-10(12)13-7-11(14(17)18)15-20-13/h3-7H,2,8H2,1H3,(H,17,18). The Morgan fingerprint density at radius 3 is 2.75 bits per heavy atom. The van der Waals surface area contributed by atoms with E-state index in [1.807, 2.05) is 0 Å². The number of nitrogens with zero attached hydrogens (tertiary/aromatic N) is 1.